The molecule has 0 heterocycles. The molecule has 60 valence electrons. The molecule has 4 atom stereocenters. The lowest BCUT2D eigenvalue weighted by atomic mass is 9.76. The summed E-state index contributed by atoms with van der Waals surface area (Å²) in [5.74, 6) is 2.25. The minimum atomic E-state index is 0.319. The van der Waals surface area contributed by atoms with Crippen molar-refractivity contribution in [1.29, 1.82) is 0 Å². The van der Waals surface area contributed by atoms with Gasteiger partial charge in [-0.05, 0) is 23.2 Å². The molecule has 1 nitrogen and oxygen atoms in total. The van der Waals surface area contributed by atoms with Crippen molar-refractivity contribution in [3.63, 3.8) is 0 Å². The highest BCUT2D eigenvalue weighted by molar-refractivity contribution is 5.95. The average molecular weight is 150 g/mol. The zero-order valence-corrected chi connectivity index (χ0v) is 7.35. The molecule has 0 aromatic heterocycles. The van der Waals surface area contributed by atoms with Crippen molar-refractivity contribution in [2.24, 2.45) is 28.6 Å². The van der Waals surface area contributed by atoms with Crippen molar-refractivity contribution in [1.82, 2.24) is 0 Å². The fraction of sp³-hybridized carbons (Fsp3) is 0.900. The summed E-state index contributed by atoms with van der Waals surface area (Å²) in [6.07, 6.45) is 1.20. The smallest absolute Gasteiger partial charge is 0.140 e. The molecule has 0 aromatic rings. The zero-order valence-electron chi connectivity index (χ0n) is 7.35. The highest BCUT2D eigenvalue weighted by atomic mass is 16.1. The maximum atomic E-state index is 11.6. The van der Waals surface area contributed by atoms with Crippen LogP contribution >= 0.6 is 0 Å². The minimum absolute atomic E-state index is 0.319. The van der Waals surface area contributed by atoms with Gasteiger partial charge >= 0.3 is 0 Å². The van der Waals surface area contributed by atoms with Crippen molar-refractivity contribution in [3.05, 3.63) is 0 Å². The fourth-order valence-electron chi connectivity index (χ4n) is 3.97. The lowest BCUT2D eigenvalue weighted by Gasteiger charge is -2.27. The maximum absolute atomic E-state index is 11.6. The Morgan fingerprint density at radius 3 is 2.09 bits per heavy atom. The van der Waals surface area contributed by atoms with E-state index >= 15 is 0 Å². The van der Waals surface area contributed by atoms with Crippen LogP contribution in [0.5, 0.6) is 0 Å². The van der Waals surface area contributed by atoms with Crippen LogP contribution in [0.2, 0.25) is 0 Å². The van der Waals surface area contributed by atoms with Gasteiger partial charge < -0.3 is 0 Å². The molecule has 0 aromatic carbocycles. The summed E-state index contributed by atoms with van der Waals surface area (Å²) in [5, 5.41) is 0. The van der Waals surface area contributed by atoms with Crippen LogP contribution in [0.25, 0.3) is 0 Å². The van der Waals surface area contributed by atoms with Gasteiger partial charge in [0, 0.05) is 11.8 Å². The normalized spacial score (nSPS) is 62.1. The molecule has 4 aliphatic rings. The van der Waals surface area contributed by atoms with Crippen molar-refractivity contribution in [2.45, 2.75) is 27.2 Å². The van der Waals surface area contributed by atoms with Crippen LogP contribution in [0.15, 0.2) is 0 Å². The quantitative estimate of drug-likeness (QED) is 0.515. The van der Waals surface area contributed by atoms with Crippen LogP contribution < -0.4 is 0 Å². The van der Waals surface area contributed by atoms with Gasteiger partial charge in [-0.3, -0.25) is 4.79 Å². The molecule has 4 aliphatic carbocycles. The molecule has 0 amide bonds. The van der Waals surface area contributed by atoms with Gasteiger partial charge in [-0.2, -0.15) is 0 Å². The van der Waals surface area contributed by atoms with Crippen LogP contribution in [-0.4, -0.2) is 5.78 Å². The van der Waals surface area contributed by atoms with Crippen LogP contribution in [0.4, 0.5) is 0 Å². The SMILES string of the molecule is CC1(C)C2CC3C(C2=O)[C@@]31C. The van der Waals surface area contributed by atoms with Gasteiger partial charge in [-0.15, -0.1) is 0 Å². The number of hydrogen-bond donors (Lipinski definition) is 0. The first kappa shape index (κ1) is 6.22. The number of ketones is 1. The van der Waals surface area contributed by atoms with E-state index in [2.05, 4.69) is 20.8 Å². The van der Waals surface area contributed by atoms with E-state index in [0.29, 0.717) is 28.4 Å². The van der Waals surface area contributed by atoms with Crippen LogP contribution in [0.3, 0.4) is 0 Å². The molecular weight excluding hydrogens is 136 g/mol. The summed E-state index contributed by atoms with van der Waals surface area (Å²) in [7, 11) is 0. The molecule has 0 saturated heterocycles. The Hall–Kier alpha value is -0.330. The lowest BCUT2D eigenvalue weighted by Crippen LogP contribution is -2.24. The van der Waals surface area contributed by atoms with E-state index < -0.39 is 0 Å². The minimum Gasteiger partial charge on any atom is -0.299 e. The third-order valence-electron chi connectivity index (χ3n) is 5.11. The van der Waals surface area contributed by atoms with Gasteiger partial charge in [0.05, 0.1) is 0 Å². The number of carbonyl (C=O) groups is 1. The van der Waals surface area contributed by atoms with Crippen molar-refractivity contribution in [3.8, 4) is 0 Å². The first-order chi connectivity index (χ1) is 5.01. The maximum Gasteiger partial charge on any atom is 0.140 e. The largest absolute Gasteiger partial charge is 0.299 e. The van der Waals surface area contributed by atoms with Crippen molar-refractivity contribution >= 4 is 5.78 Å². The molecule has 4 saturated carbocycles. The third-order valence-corrected chi connectivity index (χ3v) is 5.11. The van der Waals surface area contributed by atoms with Crippen LogP contribution in [0, 0.1) is 28.6 Å². The number of Topliss-reactive ketones (excluding diaryl/α,β-unsaturated/α-hetero) is 1. The van der Waals surface area contributed by atoms with E-state index in [-0.39, 0.29) is 0 Å². The summed E-state index contributed by atoms with van der Waals surface area (Å²) < 4.78 is 0. The molecule has 3 unspecified atom stereocenters. The summed E-state index contributed by atoms with van der Waals surface area (Å²) in [6, 6.07) is 0. The van der Waals surface area contributed by atoms with Gasteiger partial charge in [0.2, 0.25) is 0 Å². The Kier molecular flexibility index (Phi) is 0.675. The fourth-order valence-corrected chi connectivity index (χ4v) is 3.97. The third kappa shape index (κ3) is 0.344. The summed E-state index contributed by atoms with van der Waals surface area (Å²) in [5.41, 5.74) is 0.730. The predicted octanol–water partition coefficient (Wildman–Crippen LogP) is 1.87. The molecule has 1 heteroatoms. The van der Waals surface area contributed by atoms with Gasteiger partial charge in [0.1, 0.15) is 5.78 Å². The molecule has 4 rings (SSSR count). The molecule has 4 bridgehead atoms. The predicted molar refractivity (Wildman–Crippen MR) is 42.0 cm³/mol. The Bertz CT molecular complexity index is 263. The molecule has 0 spiro atoms. The van der Waals surface area contributed by atoms with Gasteiger partial charge in [-0.1, -0.05) is 20.8 Å². The number of rotatable bonds is 0. The molecule has 0 N–H and O–H groups in total. The topological polar surface area (TPSA) is 17.1 Å². The summed E-state index contributed by atoms with van der Waals surface area (Å²) in [6.45, 7) is 6.87. The van der Waals surface area contributed by atoms with E-state index in [1.54, 1.807) is 0 Å². The van der Waals surface area contributed by atoms with E-state index in [9.17, 15) is 4.79 Å². The van der Waals surface area contributed by atoms with E-state index in [1.165, 1.54) is 6.42 Å². The lowest BCUT2D eigenvalue weighted by molar-refractivity contribution is -0.122. The molecule has 0 aliphatic heterocycles. The molecule has 11 heavy (non-hydrogen) atoms. The van der Waals surface area contributed by atoms with Crippen LogP contribution in [0.1, 0.15) is 27.2 Å². The second-order valence-electron chi connectivity index (χ2n) is 5.28. The standard InChI is InChI=1S/C10H14O/c1-9(2)6-4-5-7(8(6)11)10(5,9)3/h5-7H,4H2,1-3H3/t5?,6?,7?,10-/m1/s1. The highest BCUT2D eigenvalue weighted by Crippen LogP contribution is 2.84. The Morgan fingerprint density at radius 1 is 1.36 bits per heavy atom. The first-order valence-electron chi connectivity index (χ1n) is 4.55. The number of hydrogen-bond acceptors (Lipinski definition) is 1. The Balaban J connectivity index is 2.23. The van der Waals surface area contributed by atoms with Crippen molar-refractivity contribution in [2.75, 3.05) is 0 Å². The average Bonchev–Trinajstić information content (AvgIpc) is 2.14. The Morgan fingerprint density at radius 2 is 2.00 bits per heavy atom. The molecule has 0 radical (unpaired) electrons. The molecule has 4 fully saturated rings. The Labute approximate surface area is 67.2 Å². The number of carbonyl (C=O) groups excluding carboxylic acids is 1. The van der Waals surface area contributed by atoms with Crippen LogP contribution in [-0.2, 0) is 4.79 Å². The summed E-state index contributed by atoms with van der Waals surface area (Å²) in [4.78, 5) is 11.6. The van der Waals surface area contributed by atoms with Gasteiger partial charge in [0.15, 0.2) is 0 Å². The van der Waals surface area contributed by atoms with E-state index in [4.69, 9.17) is 0 Å². The first-order valence-corrected chi connectivity index (χ1v) is 4.55. The molecular formula is C10H14O. The van der Waals surface area contributed by atoms with E-state index in [0.717, 1.165) is 5.92 Å². The second kappa shape index (κ2) is 1.19. The monoisotopic (exact) mass is 150 g/mol. The van der Waals surface area contributed by atoms with E-state index in [1.807, 2.05) is 0 Å². The zero-order chi connectivity index (χ0) is 8.02. The van der Waals surface area contributed by atoms with Crippen molar-refractivity contribution < 1.29 is 4.79 Å². The highest BCUT2D eigenvalue weighted by Gasteiger charge is 2.84. The van der Waals surface area contributed by atoms with Gasteiger partial charge in [-0.25, -0.2) is 0 Å². The summed E-state index contributed by atoms with van der Waals surface area (Å²) >= 11 is 0. The van der Waals surface area contributed by atoms with Gasteiger partial charge in [0.25, 0.3) is 0 Å². The second-order valence-corrected chi connectivity index (χ2v) is 5.28.